The lowest BCUT2D eigenvalue weighted by molar-refractivity contribution is 0.283. The van der Waals surface area contributed by atoms with Crippen LogP contribution in [0.5, 0.6) is 0 Å². The molecule has 1 aromatic rings. The van der Waals surface area contributed by atoms with Gasteiger partial charge in [-0.2, -0.15) is 5.26 Å². The summed E-state index contributed by atoms with van der Waals surface area (Å²) >= 11 is 0. The topological polar surface area (TPSA) is 35.8 Å². The molecule has 1 N–H and O–H groups in total. The van der Waals surface area contributed by atoms with Crippen LogP contribution in [-0.4, -0.2) is 6.04 Å². The van der Waals surface area contributed by atoms with Crippen molar-refractivity contribution < 1.29 is 0 Å². The van der Waals surface area contributed by atoms with Gasteiger partial charge in [0.2, 0.25) is 0 Å². The molecular weight excluding hydrogens is 220 g/mol. The van der Waals surface area contributed by atoms with Crippen LogP contribution in [0.4, 0.5) is 0 Å². The van der Waals surface area contributed by atoms with E-state index >= 15 is 0 Å². The van der Waals surface area contributed by atoms with Crippen molar-refractivity contribution in [1.82, 2.24) is 5.32 Å². The van der Waals surface area contributed by atoms with Gasteiger partial charge in [0, 0.05) is 12.1 Å². The van der Waals surface area contributed by atoms with E-state index in [4.69, 9.17) is 0 Å². The summed E-state index contributed by atoms with van der Waals surface area (Å²) in [5.41, 5.74) is 1.34. The maximum atomic E-state index is 9.23. The van der Waals surface area contributed by atoms with E-state index in [-0.39, 0.29) is 5.92 Å². The van der Waals surface area contributed by atoms with Gasteiger partial charge in [0.05, 0.1) is 12.0 Å². The second-order valence-electron chi connectivity index (χ2n) is 5.16. The molecular formula is C16H22N2. The first kappa shape index (κ1) is 13.1. The molecule has 3 unspecified atom stereocenters. The lowest BCUT2D eigenvalue weighted by atomic mass is 9.84. The predicted molar refractivity (Wildman–Crippen MR) is 74.0 cm³/mol. The standard InChI is InChI=1S/C16H22N2/c1-2-15(13-8-4-3-5-9-13)18-16-11-7-6-10-14(16)12-17/h3-5,8-9,14-16,18H,2,6-7,10-11H2,1H3. The number of nitrogens with zero attached hydrogens (tertiary/aromatic N) is 1. The molecule has 0 heterocycles. The van der Waals surface area contributed by atoms with Crippen molar-refractivity contribution in [3.63, 3.8) is 0 Å². The average Bonchev–Trinajstić information content (AvgIpc) is 2.46. The molecule has 0 amide bonds. The molecule has 1 aliphatic rings. The Morgan fingerprint density at radius 1 is 1.28 bits per heavy atom. The van der Waals surface area contributed by atoms with Gasteiger partial charge in [0.15, 0.2) is 0 Å². The van der Waals surface area contributed by atoms with E-state index < -0.39 is 0 Å². The maximum absolute atomic E-state index is 9.23. The highest BCUT2D eigenvalue weighted by molar-refractivity contribution is 5.19. The third-order valence-corrected chi connectivity index (χ3v) is 3.96. The smallest absolute Gasteiger partial charge is 0.0672 e. The molecule has 1 fully saturated rings. The Morgan fingerprint density at radius 2 is 2.00 bits per heavy atom. The fraction of sp³-hybridized carbons (Fsp3) is 0.562. The van der Waals surface area contributed by atoms with Gasteiger partial charge in [0.25, 0.3) is 0 Å². The first-order chi connectivity index (χ1) is 8.85. The predicted octanol–water partition coefficient (Wildman–Crippen LogP) is 3.81. The molecule has 0 bridgehead atoms. The van der Waals surface area contributed by atoms with Gasteiger partial charge in [-0.3, -0.25) is 0 Å². The quantitative estimate of drug-likeness (QED) is 0.871. The van der Waals surface area contributed by atoms with Crippen molar-refractivity contribution in [3.05, 3.63) is 35.9 Å². The number of nitrogens with one attached hydrogen (secondary N) is 1. The summed E-state index contributed by atoms with van der Waals surface area (Å²) in [6.45, 7) is 2.20. The molecule has 0 aromatic heterocycles. The first-order valence-corrected chi connectivity index (χ1v) is 7.05. The lowest BCUT2D eigenvalue weighted by Crippen LogP contribution is -2.40. The second-order valence-corrected chi connectivity index (χ2v) is 5.16. The Morgan fingerprint density at radius 3 is 2.67 bits per heavy atom. The van der Waals surface area contributed by atoms with Crippen molar-refractivity contribution in [2.75, 3.05) is 0 Å². The molecule has 3 atom stereocenters. The highest BCUT2D eigenvalue weighted by Crippen LogP contribution is 2.27. The van der Waals surface area contributed by atoms with E-state index in [1.54, 1.807) is 0 Å². The van der Waals surface area contributed by atoms with Crippen LogP contribution in [-0.2, 0) is 0 Å². The largest absolute Gasteiger partial charge is 0.306 e. The van der Waals surface area contributed by atoms with Gasteiger partial charge in [-0.25, -0.2) is 0 Å². The normalized spacial score (nSPS) is 25.3. The van der Waals surface area contributed by atoms with Gasteiger partial charge in [-0.1, -0.05) is 50.1 Å². The van der Waals surface area contributed by atoms with Crippen molar-refractivity contribution in [1.29, 1.82) is 5.26 Å². The van der Waals surface area contributed by atoms with E-state index in [0.29, 0.717) is 12.1 Å². The van der Waals surface area contributed by atoms with E-state index in [1.165, 1.54) is 18.4 Å². The summed E-state index contributed by atoms with van der Waals surface area (Å²) in [5, 5.41) is 12.9. The summed E-state index contributed by atoms with van der Waals surface area (Å²) in [5.74, 6) is 0.191. The van der Waals surface area contributed by atoms with Gasteiger partial charge in [-0.15, -0.1) is 0 Å². The number of nitriles is 1. The van der Waals surface area contributed by atoms with Crippen molar-refractivity contribution in [3.8, 4) is 6.07 Å². The first-order valence-electron chi connectivity index (χ1n) is 7.05. The monoisotopic (exact) mass is 242 g/mol. The van der Waals surface area contributed by atoms with Crippen molar-refractivity contribution in [2.45, 2.75) is 51.1 Å². The molecule has 0 saturated heterocycles. The van der Waals surface area contributed by atoms with E-state index in [2.05, 4.69) is 48.6 Å². The van der Waals surface area contributed by atoms with Crippen LogP contribution in [0.3, 0.4) is 0 Å². The Hall–Kier alpha value is -1.33. The zero-order valence-electron chi connectivity index (χ0n) is 11.1. The third-order valence-electron chi connectivity index (χ3n) is 3.96. The van der Waals surface area contributed by atoms with Gasteiger partial charge in [0.1, 0.15) is 0 Å². The highest BCUT2D eigenvalue weighted by atomic mass is 15.0. The van der Waals surface area contributed by atoms with Gasteiger partial charge >= 0.3 is 0 Å². The Balaban J connectivity index is 2.04. The van der Waals surface area contributed by atoms with Crippen LogP contribution in [0.1, 0.15) is 50.6 Å². The molecule has 2 heteroatoms. The maximum Gasteiger partial charge on any atom is 0.0672 e. The minimum absolute atomic E-state index is 0.191. The van der Waals surface area contributed by atoms with Crippen LogP contribution < -0.4 is 5.32 Å². The number of benzene rings is 1. The minimum atomic E-state index is 0.191. The van der Waals surface area contributed by atoms with Crippen LogP contribution in [0.2, 0.25) is 0 Å². The Kier molecular flexibility index (Phi) is 4.78. The zero-order valence-corrected chi connectivity index (χ0v) is 11.1. The summed E-state index contributed by atoms with van der Waals surface area (Å²) < 4.78 is 0. The molecule has 2 rings (SSSR count). The Bertz CT molecular complexity index is 393. The summed E-state index contributed by atoms with van der Waals surface area (Å²) in [4.78, 5) is 0. The van der Waals surface area contributed by atoms with Crippen LogP contribution in [0.15, 0.2) is 30.3 Å². The Labute approximate surface area is 110 Å². The highest BCUT2D eigenvalue weighted by Gasteiger charge is 2.26. The molecule has 1 aliphatic carbocycles. The average molecular weight is 242 g/mol. The summed E-state index contributed by atoms with van der Waals surface area (Å²) in [7, 11) is 0. The van der Waals surface area contributed by atoms with Gasteiger partial charge < -0.3 is 5.32 Å². The molecule has 1 saturated carbocycles. The number of hydrogen-bond donors (Lipinski definition) is 1. The fourth-order valence-electron chi connectivity index (χ4n) is 2.88. The summed E-state index contributed by atoms with van der Waals surface area (Å²) in [6, 6.07) is 13.8. The second kappa shape index (κ2) is 6.56. The molecule has 18 heavy (non-hydrogen) atoms. The summed E-state index contributed by atoms with van der Waals surface area (Å²) in [6.07, 6.45) is 5.72. The fourth-order valence-corrected chi connectivity index (χ4v) is 2.88. The SMILES string of the molecule is CCC(NC1CCCCC1C#N)c1ccccc1. The number of hydrogen-bond acceptors (Lipinski definition) is 2. The van der Waals surface area contributed by atoms with E-state index in [9.17, 15) is 5.26 Å². The molecule has 1 aromatic carbocycles. The lowest BCUT2D eigenvalue weighted by Gasteiger charge is -2.31. The molecule has 0 spiro atoms. The minimum Gasteiger partial charge on any atom is -0.306 e. The van der Waals surface area contributed by atoms with Crippen molar-refractivity contribution >= 4 is 0 Å². The van der Waals surface area contributed by atoms with Crippen LogP contribution >= 0.6 is 0 Å². The third kappa shape index (κ3) is 3.11. The van der Waals surface area contributed by atoms with E-state index in [0.717, 1.165) is 19.3 Å². The molecule has 96 valence electrons. The molecule has 0 radical (unpaired) electrons. The van der Waals surface area contributed by atoms with Crippen LogP contribution in [0.25, 0.3) is 0 Å². The van der Waals surface area contributed by atoms with Crippen molar-refractivity contribution in [2.24, 2.45) is 5.92 Å². The van der Waals surface area contributed by atoms with E-state index in [1.807, 2.05) is 0 Å². The molecule has 0 aliphatic heterocycles. The number of rotatable bonds is 4. The molecule has 2 nitrogen and oxygen atoms in total. The zero-order chi connectivity index (χ0) is 12.8. The van der Waals surface area contributed by atoms with Crippen LogP contribution in [0, 0.1) is 17.2 Å². The van der Waals surface area contributed by atoms with Gasteiger partial charge in [-0.05, 0) is 24.8 Å².